The molecule has 2 saturated heterocycles. The second-order valence-electron chi connectivity index (χ2n) is 9.32. The van der Waals surface area contributed by atoms with Crippen LogP contribution in [0, 0.1) is 0 Å². The first-order chi connectivity index (χ1) is 17.0. The maximum Gasteiger partial charge on any atom is 0.317 e. The molecule has 2 aromatic rings. The molecule has 2 atom stereocenters. The molecule has 5 rings (SSSR count). The highest BCUT2D eigenvalue weighted by molar-refractivity contribution is 5.74. The SMILES string of the molecule is C[C@H]1COCCN1c1nc(OC2CC(N(C)C(=O)N[C@H]3CCOC3)C2)cc(-c2cnc(N)nc2)n1. The lowest BCUT2D eigenvalue weighted by molar-refractivity contribution is 0.0398. The van der Waals surface area contributed by atoms with Crippen LogP contribution in [-0.4, -0.2) is 95.1 Å². The summed E-state index contributed by atoms with van der Waals surface area (Å²) in [5, 5.41) is 3.03. The summed E-state index contributed by atoms with van der Waals surface area (Å²) in [6.07, 6.45) is 5.57. The lowest BCUT2D eigenvalue weighted by atomic mass is 9.88. The van der Waals surface area contributed by atoms with Crippen molar-refractivity contribution in [2.45, 2.75) is 50.4 Å². The zero-order valence-electron chi connectivity index (χ0n) is 20.1. The summed E-state index contributed by atoms with van der Waals surface area (Å²) in [6.45, 7) is 5.28. The van der Waals surface area contributed by atoms with E-state index in [1.54, 1.807) is 23.4 Å². The summed E-state index contributed by atoms with van der Waals surface area (Å²) in [7, 11) is 1.83. The average molecular weight is 485 g/mol. The molecule has 2 aromatic heterocycles. The number of carbonyl (C=O) groups excluding carboxylic acids is 1. The predicted octanol–water partition coefficient (Wildman–Crippen LogP) is 1.08. The van der Waals surface area contributed by atoms with Crippen LogP contribution in [0.2, 0.25) is 0 Å². The van der Waals surface area contributed by atoms with Gasteiger partial charge in [0.2, 0.25) is 17.8 Å². The van der Waals surface area contributed by atoms with Crippen molar-refractivity contribution in [2.24, 2.45) is 0 Å². The summed E-state index contributed by atoms with van der Waals surface area (Å²) < 4.78 is 17.2. The van der Waals surface area contributed by atoms with E-state index in [4.69, 9.17) is 29.9 Å². The summed E-state index contributed by atoms with van der Waals surface area (Å²) in [5.41, 5.74) is 7.05. The predicted molar refractivity (Wildman–Crippen MR) is 128 cm³/mol. The molecule has 188 valence electrons. The van der Waals surface area contributed by atoms with Gasteiger partial charge in [0.05, 0.1) is 37.6 Å². The number of rotatable bonds is 6. The van der Waals surface area contributed by atoms with Crippen LogP contribution in [0.25, 0.3) is 11.3 Å². The molecule has 35 heavy (non-hydrogen) atoms. The minimum absolute atomic E-state index is 0.0366. The van der Waals surface area contributed by atoms with Crippen molar-refractivity contribution < 1.29 is 19.0 Å². The Kier molecular flexibility index (Phi) is 6.82. The molecule has 0 spiro atoms. The van der Waals surface area contributed by atoms with Crippen LogP contribution in [0.4, 0.5) is 16.7 Å². The Morgan fingerprint density at radius 2 is 1.97 bits per heavy atom. The Morgan fingerprint density at radius 1 is 1.20 bits per heavy atom. The number of nitrogens with one attached hydrogen (secondary N) is 1. The lowest BCUT2D eigenvalue weighted by Gasteiger charge is -2.41. The van der Waals surface area contributed by atoms with Crippen molar-refractivity contribution in [1.82, 2.24) is 30.2 Å². The monoisotopic (exact) mass is 484 g/mol. The standard InChI is InChI=1S/C23H32N8O4/c1-14-12-34-6-4-31(14)22-28-19(15-10-25-21(24)26-11-15)9-20(29-22)35-18-7-17(8-18)30(2)23(32)27-16-3-5-33-13-16/h9-11,14,16-18H,3-8,12-13H2,1-2H3,(H,27,32)(H2,24,25,26)/t14-,16-,17?,18?/m0/s1. The first-order valence-electron chi connectivity index (χ1n) is 12.1. The largest absolute Gasteiger partial charge is 0.474 e. The number of anilines is 2. The highest BCUT2D eigenvalue weighted by Gasteiger charge is 2.37. The van der Waals surface area contributed by atoms with Gasteiger partial charge < -0.3 is 35.1 Å². The quantitative estimate of drug-likeness (QED) is 0.612. The van der Waals surface area contributed by atoms with Crippen LogP contribution < -0.4 is 20.7 Å². The molecule has 12 nitrogen and oxygen atoms in total. The number of nitrogens with zero attached hydrogens (tertiary/aromatic N) is 6. The lowest BCUT2D eigenvalue weighted by Crippen LogP contribution is -2.54. The molecule has 0 aromatic carbocycles. The van der Waals surface area contributed by atoms with Crippen LogP contribution in [0.3, 0.4) is 0 Å². The molecular weight excluding hydrogens is 452 g/mol. The molecule has 3 aliphatic rings. The van der Waals surface area contributed by atoms with Gasteiger partial charge in [0.25, 0.3) is 0 Å². The van der Waals surface area contributed by atoms with E-state index in [2.05, 4.69) is 27.1 Å². The van der Waals surface area contributed by atoms with Crippen LogP contribution in [0.1, 0.15) is 26.2 Å². The third kappa shape index (κ3) is 5.38. The normalized spacial score (nSPS) is 26.2. The number of nitrogen functional groups attached to an aromatic ring is 1. The molecule has 1 saturated carbocycles. The van der Waals surface area contributed by atoms with Crippen LogP contribution in [0.15, 0.2) is 18.5 Å². The van der Waals surface area contributed by atoms with Crippen molar-refractivity contribution in [3.8, 4) is 17.1 Å². The fourth-order valence-electron chi connectivity index (χ4n) is 4.46. The molecule has 1 aliphatic carbocycles. The van der Waals surface area contributed by atoms with Crippen molar-refractivity contribution in [3.05, 3.63) is 18.5 Å². The highest BCUT2D eigenvalue weighted by Crippen LogP contribution is 2.31. The van der Waals surface area contributed by atoms with E-state index in [-0.39, 0.29) is 36.2 Å². The van der Waals surface area contributed by atoms with Gasteiger partial charge in [-0.05, 0) is 13.3 Å². The van der Waals surface area contributed by atoms with Gasteiger partial charge in [-0.2, -0.15) is 4.98 Å². The van der Waals surface area contributed by atoms with Gasteiger partial charge in [-0.1, -0.05) is 0 Å². The van der Waals surface area contributed by atoms with Gasteiger partial charge in [0.1, 0.15) is 6.10 Å². The van der Waals surface area contributed by atoms with Crippen molar-refractivity contribution in [2.75, 3.05) is 50.7 Å². The third-order valence-corrected chi connectivity index (χ3v) is 6.77. The van der Waals surface area contributed by atoms with E-state index >= 15 is 0 Å². The molecule has 4 heterocycles. The van der Waals surface area contributed by atoms with Gasteiger partial charge in [0.15, 0.2) is 0 Å². The molecule has 12 heteroatoms. The maximum absolute atomic E-state index is 12.5. The molecule has 0 radical (unpaired) electrons. The molecule has 2 amide bonds. The summed E-state index contributed by atoms with van der Waals surface area (Å²) in [5.74, 6) is 1.27. The molecule has 0 bridgehead atoms. The van der Waals surface area contributed by atoms with E-state index < -0.39 is 0 Å². The minimum atomic E-state index is -0.0692. The number of ether oxygens (including phenoxy) is 3. The van der Waals surface area contributed by atoms with Crippen molar-refractivity contribution >= 4 is 17.9 Å². The van der Waals surface area contributed by atoms with E-state index in [9.17, 15) is 4.79 Å². The zero-order valence-corrected chi connectivity index (χ0v) is 20.1. The number of nitrogens with two attached hydrogens (primary N) is 1. The van der Waals surface area contributed by atoms with Gasteiger partial charge in [0, 0.05) is 63.1 Å². The number of urea groups is 1. The summed E-state index contributed by atoms with van der Waals surface area (Å²) in [6, 6.07) is 2.08. The van der Waals surface area contributed by atoms with E-state index in [0.717, 1.165) is 24.8 Å². The second kappa shape index (κ2) is 10.2. The molecule has 0 unspecified atom stereocenters. The second-order valence-corrected chi connectivity index (χ2v) is 9.32. The van der Waals surface area contributed by atoms with Crippen LogP contribution >= 0.6 is 0 Å². The Labute approximate surface area is 204 Å². The van der Waals surface area contributed by atoms with E-state index in [1.165, 1.54) is 0 Å². The molecule has 3 N–H and O–H groups in total. The van der Waals surface area contributed by atoms with Gasteiger partial charge in [-0.3, -0.25) is 0 Å². The fourth-order valence-corrected chi connectivity index (χ4v) is 4.46. The Hall–Kier alpha value is -3.25. The Bertz CT molecular complexity index is 1030. The van der Waals surface area contributed by atoms with Crippen molar-refractivity contribution in [1.29, 1.82) is 0 Å². The zero-order chi connectivity index (χ0) is 24.4. The summed E-state index contributed by atoms with van der Waals surface area (Å²) in [4.78, 5) is 34.1. The van der Waals surface area contributed by atoms with Crippen LogP contribution in [0.5, 0.6) is 5.88 Å². The Balaban J connectivity index is 1.27. The van der Waals surface area contributed by atoms with Crippen molar-refractivity contribution in [3.63, 3.8) is 0 Å². The van der Waals surface area contributed by atoms with E-state index in [0.29, 0.717) is 50.5 Å². The topological polar surface area (TPSA) is 141 Å². The first kappa shape index (κ1) is 23.5. The first-order valence-corrected chi connectivity index (χ1v) is 12.1. The Morgan fingerprint density at radius 3 is 2.69 bits per heavy atom. The average Bonchev–Trinajstić information content (AvgIpc) is 3.34. The summed E-state index contributed by atoms with van der Waals surface area (Å²) >= 11 is 0. The van der Waals surface area contributed by atoms with E-state index in [1.807, 2.05) is 7.05 Å². The number of hydrogen-bond donors (Lipinski definition) is 2. The maximum atomic E-state index is 12.5. The fraction of sp³-hybridized carbons (Fsp3) is 0.609. The third-order valence-electron chi connectivity index (χ3n) is 6.77. The number of hydrogen-bond acceptors (Lipinski definition) is 10. The number of carbonyl (C=O) groups is 1. The molecule has 2 aliphatic heterocycles. The van der Waals surface area contributed by atoms with Gasteiger partial charge >= 0.3 is 6.03 Å². The van der Waals surface area contributed by atoms with Crippen LogP contribution in [-0.2, 0) is 9.47 Å². The van der Waals surface area contributed by atoms with Gasteiger partial charge in [-0.15, -0.1) is 0 Å². The molecular formula is C23H32N8O4. The number of amides is 2. The minimum Gasteiger partial charge on any atom is -0.474 e. The smallest absolute Gasteiger partial charge is 0.317 e. The number of morpholine rings is 1. The highest BCUT2D eigenvalue weighted by atomic mass is 16.5. The molecule has 3 fully saturated rings. The van der Waals surface area contributed by atoms with Gasteiger partial charge in [-0.25, -0.2) is 19.7 Å². The number of aromatic nitrogens is 4.